The monoisotopic (exact) mass is 481 g/mol. The van der Waals surface area contributed by atoms with Gasteiger partial charge < -0.3 is 10.1 Å². The molecular formula is C27H47NO4S. The van der Waals surface area contributed by atoms with Crippen LogP contribution in [0.3, 0.4) is 0 Å². The summed E-state index contributed by atoms with van der Waals surface area (Å²) < 4.78 is 5.25. The molecule has 0 saturated carbocycles. The van der Waals surface area contributed by atoms with E-state index in [2.05, 4.69) is 33.0 Å². The summed E-state index contributed by atoms with van der Waals surface area (Å²) in [6.07, 6.45) is 0.756. The van der Waals surface area contributed by atoms with E-state index >= 15 is 0 Å². The highest BCUT2D eigenvalue weighted by Crippen LogP contribution is 2.22. The van der Waals surface area contributed by atoms with Gasteiger partial charge in [0.15, 0.2) is 11.6 Å². The van der Waals surface area contributed by atoms with Gasteiger partial charge in [0.2, 0.25) is 0 Å². The Bertz CT molecular complexity index is 736. The third-order valence-corrected chi connectivity index (χ3v) is 7.58. The van der Waals surface area contributed by atoms with Crippen molar-refractivity contribution in [3.8, 4) is 0 Å². The third-order valence-electron chi connectivity index (χ3n) is 6.32. The maximum absolute atomic E-state index is 12.7. The summed E-state index contributed by atoms with van der Waals surface area (Å²) in [7, 11) is 0. The summed E-state index contributed by atoms with van der Waals surface area (Å²) in [5.41, 5.74) is 3.86. The number of Topliss-reactive ketones (excluding diaryl/α,β-unsaturated/α-hetero) is 2. The number of hydrogen-bond donors (Lipinski definition) is 1. The Morgan fingerprint density at radius 2 is 1.24 bits per heavy atom. The highest BCUT2D eigenvalue weighted by Gasteiger charge is 2.25. The Labute approximate surface area is 206 Å². The first-order valence-corrected chi connectivity index (χ1v) is 13.2. The van der Waals surface area contributed by atoms with Crippen LogP contribution < -0.4 is 5.32 Å². The summed E-state index contributed by atoms with van der Waals surface area (Å²) in [6.45, 7) is 22.1. The second-order valence-electron chi connectivity index (χ2n) is 9.70. The van der Waals surface area contributed by atoms with Crippen molar-refractivity contribution in [2.24, 2.45) is 11.8 Å². The van der Waals surface area contributed by atoms with Gasteiger partial charge in [0.25, 0.3) is 0 Å². The van der Waals surface area contributed by atoms with Gasteiger partial charge in [-0.3, -0.25) is 14.4 Å². The number of ether oxygens (including phenoxy) is 1. The molecule has 5 nitrogen and oxygen atoms in total. The smallest absolute Gasteiger partial charge is 0.323 e. The van der Waals surface area contributed by atoms with Crippen molar-refractivity contribution in [1.29, 1.82) is 0 Å². The molecule has 0 spiro atoms. The predicted molar refractivity (Wildman–Crippen MR) is 141 cm³/mol. The maximum atomic E-state index is 12.7. The van der Waals surface area contributed by atoms with Gasteiger partial charge in [-0.25, -0.2) is 0 Å². The molecule has 0 aliphatic rings. The molecule has 0 fully saturated rings. The number of nitrogens with one attached hydrogen (secondary N) is 1. The second-order valence-corrected chi connectivity index (χ2v) is 11.2. The fourth-order valence-electron chi connectivity index (χ4n) is 3.30. The van der Waals surface area contributed by atoms with Crippen molar-refractivity contribution in [2.75, 3.05) is 12.4 Å². The van der Waals surface area contributed by atoms with Gasteiger partial charge in [-0.15, -0.1) is 0 Å². The average Bonchev–Trinajstić information content (AvgIpc) is 2.73. The molecule has 3 unspecified atom stereocenters. The number of ketones is 2. The Morgan fingerprint density at radius 1 is 0.788 bits per heavy atom. The molecule has 0 amide bonds. The van der Waals surface area contributed by atoms with E-state index in [0.29, 0.717) is 37.0 Å². The van der Waals surface area contributed by atoms with E-state index in [0.717, 1.165) is 22.3 Å². The first kappa shape index (κ1) is 31.6. The summed E-state index contributed by atoms with van der Waals surface area (Å²) in [5, 5.41) is 3.36. The van der Waals surface area contributed by atoms with Gasteiger partial charge in [-0.2, -0.15) is 11.8 Å². The van der Waals surface area contributed by atoms with Crippen molar-refractivity contribution in [2.45, 2.75) is 106 Å². The van der Waals surface area contributed by atoms with Crippen molar-refractivity contribution in [3.05, 3.63) is 22.3 Å². The number of thioether (sulfide) groups is 1. The number of hydrogen-bond acceptors (Lipinski definition) is 6. The van der Waals surface area contributed by atoms with Crippen molar-refractivity contribution in [3.63, 3.8) is 0 Å². The van der Waals surface area contributed by atoms with E-state index in [1.807, 2.05) is 41.5 Å². The van der Waals surface area contributed by atoms with Crippen LogP contribution in [0.5, 0.6) is 0 Å². The van der Waals surface area contributed by atoms with Crippen molar-refractivity contribution < 1.29 is 19.1 Å². The molecule has 0 aliphatic carbocycles. The Hall–Kier alpha value is -1.40. The Balaban J connectivity index is 5.11. The SMILES string of the molecule is CCOC(=O)C(CSC(C)CC(=O)/C(C)=C(\C)C(C)C)NC(C)CC(=O)/C(C)=C(\C)C(C)C. The first-order chi connectivity index (χ1) is 15.2. The standard InChI is InChI=1S/C27H47NO4S/c1-12-32-27(31)24(28-18(6)13-25(29)22(10)20(8)16(2)3)15-33-19(7)14-26(30)23(11)21(9)17(4)5/h16-19,24,28H,12-15H2,1-11H3/b22-20+,23-21+. The molecule has 3 atom stereocenters. The zero-order chi connectivity index (χ0) is 25.9. The molecule has 6 heteroatoms. The van der Waals surface area contributed by atoms with Crippen LogP contribution >= 0.6 is 11.8 Å². The van der Waals surface area contributed by atoms with Gasteiger partial charge in [0, 0.05) is 29.9 Å². The number of carbonyl (C=O) groups excluding carboxylic acids is 3. The fourth-order valence-corrected chi connectivity index (χ4v) is 4.32. The van der Waals surface area contributed by atoms with Crippen LogP contribution in [0, 0.1) is 11.8 Å². The Kier molecular flexibility index (Phi) is 14.8. The van der Waals surface area contributed by atoms with E-state index in [9.17, 15) is 14.4 Å². The molecule has 0 saturated heterocycles. The lowest BCUT2D eigenvalue weighted by atomic mass is 9.95. The first-order valence-electron chi connectivity index (χ1n) is 12.2. The van der Waals surface area contributed by atoms with E-state index in [4.69, 9.17) is 4.74 Å². The third kappa shape index (κ3) is 11.5. The molecule has 33 heavy (non-hydrogen) atoms. The lowest BCUT2D eigenvalue weighted by Gasteiger charge is -2.23. The average molecular weight is 482 g/mol. The summed E-state index contributed by atoms with van der Waals surface area (Å²) in [6, 6.07) is -0.696. The van der Waals surface area contributed by atoms with Crippen LogP contribution in [-0.4, -0.2) is 47.2 Å². The zero-order valence-corrected chi connectivity index (χ0v) is 23.6. The highest BCUT2D eigenvalue weighted by atomic mass is 32.2. The van der Waals surface area contributed by atoms with E-state index < -0.39 is 6.04 Å². The highest BCUT2D eigenvalue weighted by molar-refractivity contribution is 7.99. The van der Waals surface area contributed by atoms with E-state index in [-0.39, 0.29) is 28.8 Å². The molecule has 0 aromatic heterocycles. The maximum Gasteiger partial charge on any atom is 0.323 e. The van der Waals surface area contributed by atoms with Crippen LogP contribution in [0.15, 0.2) is 22.3 Å². The quantitative estimate of drug-likeness (QED) is 0.231. The molecule has 190 valence electrons. The number of allylic oxidation sites excluding steroid dienone is 4. The van der Waals surface area contributed by atoms with Gasteiger partial charge >= 0.3 is 5.97 Å². The minimum atomic E-state index is -0.528. The van der Waals surface area contributed by atoms with E-state index in [1.54, 1.807) is 18.7 Å². The molecular weight excluding hydrogens is 434 g/mol. The van der Waals surface area contributed by atoms with Crippen LogP contribution in [0.4, 0.5) is 0 Å². The van der Waals surface area contributed by atoms with E-state index in [1.165, 1.54) is 0 Å². The summed E-state index contributed by atoms with van der Waals surface area (Å²) in [4.78, 5) is 37.8. The topological polar surface area (TPSA) is 72.5 Å². The molecule has 0 rings (SSSR count). The fraction of sp³-hybridized carbons (Fsp3) is 0.741. The predicted octanol–water partition coefficient (Wildman–Crippen LogP) is 5.92. The van der Waals surface area contributed by atoms with Crippen LogP contribution in [0.1, 0.15) is 89.0 Å². The minimum absolute atomic E-state index is 0.0712. The van der Waals surface area contributed by atoms with Crippen LogP contribution in [-0.2, 0) is 19.1 Å². The minimum Gasteiger partial charge on any atom is -0.465 e. The molecule has 0 bridgehead atoms. The van der Waals surface area contributed by atoms with Crippen molar-refractivity contribution >= 4 is 29.3 Å². The molecule has 1 N–H and O–H groups in total. The van der Waals surface area contributed by atoms with Gasteiger partial charge in [-0.05, 0) is 64.5 Å². The van der Waals surface area contributed by atoms with Gasteiger partial charge in [0.05, 0.1) is 6.61 Å². The molecule has 0 aromatic rings. The normalized spacial score (nSPS) is 16.2. The summed E-state index contributed by atoms with van der Waals surface area (Å²) in [5.74, 6) is 1.09. The Morgan fingerprint density at radius 3 is 1.67 bits per heavy atom. The largest absolute Gasteiger partial charge is 0.465 e. The molecule has 0 aliphatic heterocycles. The molecule has 0 radical (unpaired) electrons. The van der Waals surface area contributed by atoms with Gasteiger partial charge in [-0.1, -0.05) is 45.8 Å². The molecule has 0 aromatic carbocycles. The van der Waals surface area contributed by atoms with Crippen LogP contribution in [0.25, 0.3) is 0 Å². The lowest BCUT2D eigenvalue weighted by molar-refractivity contribution is -0.145. The number of esters is 1. The molecule has 0 heterocycles. The number of carbonyl (C=O) groups is 3. The number of rotatable bonds is 15. The lowest BCUT2D eigenvalue weighted by Crippen LogP contribution is -2.45. The van der Waals surface area contributed by atoms with Gasteiger partial charge in [0.1, 0.15) is 6.04 Å². The zero-order valence-electron chi connectivity index (χ0n) is 22.8. The summed E-state index contributed by atoms with van der Waals surface area (Å²) >= 11 is 1.58. The second kappa shape index (κ2) is 15.5. The van der Waals surface area contributed by atoms with Crippen molar-refractivity contribution in [1.82, 2.24) is 5.32 Å². The van der Waals surface area contributed by atoms with Crippen LogP contribution in [0.2, 0.25) is 0 Å².